The molecule has 1 aromatic carbocycles. The van der Waals surface area contributed by atoms with Crippen LogP contribution in [0, 0.1) is 0 Å². The second-order valence-corrected chi connectivity index (χ2v) is 6.96. The van der Waals surface area contributed by atoms with E-state index in [-0.39, 0.29) is 12.5 Å². The fourth-order valence-electron chi connectivity index (χ4n) is 3.82. The Hall–Kier alpha value is -2.28. The van der Waals surface area contributed by atoms with Gasteiger partial charge in [-0.2, -0.15) is 0 Å². The number of ether oxygens (including phenoxy) is 1. The summed E-state index contributed by atoms with van der Waals surface area (Å²) in [5.41, 5.74) is 0.858. The van der Waals surface area contributed by atoms with Crippen LogP contribution < -0.4 is 20.3 Å². The van der Waals surface area contributed by atoms with Crippen molar-refractivity contribution in [2.75, 3.05) is 51.3 Å². The van der Waals surface area contributed by atoms with Crippen molar-refractivity contribution in [3.63, 3.8) is 0 Å². The molecule has 7 heteroatoms. The Morgan fingerprint density at radius 2 is 2.19 bits per heavy atom. The molecule has 2 N–H and O–H groups in total. The van der Waals surface area contributed by atoms with Gasteiger partial charge < -0.3 is 20.3 Å². The number of amides is 1. The largest absolute Gasteiger partial charge is 0.482 e. The quantitative estimate of drug-likeness (QED) is 0.430. The molecule has 1 saturated heterocycles. The maximum atomic E-state index is 12.2. The number of likely N-dealkylation sites (N-methyl/N-ethyl adjacent to an activating group) is 1. The van der Waals surface area contributed by atoms with Gasteiger partial charge >= 0.3 is 0 Å². The summed E-state index contributed by atoms with van der Waals surface area (Å²) in [6.45, 7) is 6.98. The molecule has 2 heterocycles. The molecule has 0 bridgehead atoms. The lowest BCUT2D eigenvalue weighted by molar-refractivity contribution is -0.121. The van der Waals surface area contributed by atoms with E-state index in [1.165, 1.54) is 19.4 Å². The van der Waals surface area contributed by atoms with Crippen LogP contribution >= 0.6 is 0 Å². The molecule has 0 spiro atoms. The number of aliphatic imine (C=N–C) groups is 1. The second-order valence-electron chi connectivity index (χ2n) is 6.96. The molecule has 2 aliphatic rings. The van der Waals surface area contributed by atoms with Crippen LogP contribution in [0.2, 0.25) is 0 Å². The normalized spacial score (nSPS) is 20.4. The SMILES string of the molecule is CCN1CCCC1CNC(=NC)NCCCN1C(=O)COc2ccccc21. The van der Waals surface area contributed by atoms with E-state index in [0.717, 1.165) is 43.5 Å². The topological polar surface area (TPSA) is 69.2 Å². The number of nitrogens with zero attached hydrogens (tertiary/aromatic N) is 3. The number of nitrogens with one attached hydrogen (secondary N) is 2. The fourth-order valence-corrected chi connectivity index (χ4v) is 3.82. The Balaban J connectivity index is 1.42. The molecule has 1 atom stereocenters. The zero-order chi connectivity index (χ0) is 19.1. The molecular weight excluding hydrogens is 342 g/mol. The van der Waals surface area contributed by atoms with Crippen LogP contribution in [0.5, 0.6) is 5.75 Å². The van der Waals surface area contributed by atoms with E-state index < -0.39 is 0 Å². The maximum absolute atomic E-state index is 12.2. The lowest BCUT2D eigenvalue weighted by Crippen LogP contribution is -2.45. The zero-order valence-corrected chi connectivity index (χ0v) is 16.4. The van der Waals surface area contributed by atoms with Crippen LogP contribution in [0.1, 0.15) is 26.2 Å². The number of rotatable bonds is 7. The number of carbonyl (C=O) groups is 1. The highest BCUT2D eigenvalue weighted by Gasteiger charge is 2.25. The summed E-state index contributed by atoms with van der Waals surface area (Å²) in [7, 11) is 1.79. The van der Waals surface area contributed by atoms with Gasteiger partial charge in [-0.1, -0.05) is 19.1 Å². The van der Waals surface area contributed by atoms with E-state index in [2.05, 4.69) is 27.4 Å². The van der Waals surface area contributed by atoms with Gasteiger partial charge in [-0.3, -0.25) is 14.7 Å². The van der Waals surface area contributed by atoms with Gasteiger partial charge in [-0.25, -0.2) is 0 Å². The Kier molecular flexibility index (Phi) is 6.92. The number of anilines is 1. The molecule has 148 valence electrons. The van der Waals surface area contributed by atoms with Gasteiger partial charge in [-0.15, -0.1) is 0 Å². The molecule has 1 amide bonds. The predicted octanol–water partition coefficient (Wildman–Crippen LogP) is 1.45. The highest BCUT2D eigenvalue weighted by molar-refractivity contribution is 5.97. The molecule has 27 heavy (non-hydrogen) atoms. The third-order valence-electron chi connectivity index (χ3n) is 5.29. The Bertz CT molecular complexity index is 664. The minimum Gasteiger partial charge on any atom is -0.482 e. The molecule has 1 unspecified atom stereocenters. The highest BCUT2D eigenvalue weighted by Crippen LogP contribution is 2.31. The van der Waals surface area contributed by atoms with Gasteiger partial charge in [0.2, 0.25) is 0 Å². The molecule has 1 aromatic rings. The number of para-hydroxylation sites is 2. The van der Waals surface area contributed by atoms with Crippen LogP contribution in [0.15, 0.2) is 29.3 Å². The van der Waals surface area contributed by atoms with Crippen molar-refractivity contribution in [2.45, 2.75) is 32.2 Å². The monoisotopic (exact) mass is 373 g/mol. The lowest BCUT2D eigenvalue weighted by Gasteiger charge is -2.29. The zero-order valence-electron chi connectivity index (χ0n) is 16.4. The van der Waals surface area contributed by atoms with Crippen molar-refractivity contribution in [1.29, 1.82) is 0 Å². The summed E-state index contributed by atoms with van der Waals surface area (Å²) in [6, 6.07) is 8.29. The highest BCUT2D eigenvalue weighted by atomic mass is 16.5. The molecule has 1 fully saturated rings. The summed E-state index contributed by atoms with van der Waals surface area (Å²) in [4.78, 5) is 20.8. The van der Waals surface area contributed by atoms with Crippen LogP contribution in [0.4, 0.5) is 5.69 Å². The Morgan fingerprint density at radius 3 is 3.00 bits per heavy atom. The van der Waals surface area contributed by atoms with Crippen molar-refractivity contribution in [1.82, 2.24) is 15.5 Å². The first-order chi connectivity index (χ1) is 13.2. The standard InChI is InChI=1S/C20H31N5O2/c1-3-24-12-6-8-16(24)14-23-20(21-2)22-11-7-13-25-17-9-4-5-10-18(17)27-15-19(25)26/h4-5,9-10,16H,3,6-8,11-15H2,1-2H3,(H2,21,22,23). The van der Waals surface area contributed by atoms with Gasteiger partial charge in [0.1, 0.15) is 5.75 Å². The van der Waals surface area contributed by atoms with Gasteiger partial charge in [0.15, 0.2) is 12.6 Å². The average Bonchev–Trinajstić information content (AvgIpc) is 3.16. The number of likely N-dealkylation sites (tertiary alicyclic amines) is 1. The molecule has 0 saturated carbocycles. The van der Waals surface area contributed by atoms with Gasteiger partial charge in [-0.05, 0) is 44.5 Å². The number of hydrogen-bond donors (Lipinski definition) is 2. The molecule has 0 radical (unpaired) electrons. The van der Waals surface area contributed by atoms with Crippen molar-refractivity contribution in [2.24, 2.45) is 4.99 Å². The van der Waals surface area contributed by atoms with Crippen molar-refractivity contribution >= 4 is 17.6 Å². The van der Waals surface area contributed by atoms with Crippen LogP contribution in [0.25, 0.3) is 0 Å². The van der Waals surface area contributed by atoms with Crippen LogP contribution in [-0.4, -0.2) is 69.2 Å². The number of guanidine groups is 1. The number of benzene rings is 1. The predicted molar refractivity (Wildman–Crippen MR) is 109 cm³/mol. The first kappa shape index (κ1) is 19.5. The summed E-state index contributed by atoms with van der Waals surface area (Å²) < 4.78 is 5.49. The first-order valence-corrected chi connectivity index (χ1v) is 9.93. The van der Waals surface area contributed by atoms with Crippen molar-refractivity contribution in [3.05, 3.63) is 24.3 Å². The molecule has 0 aliphatic carbocycles. The van der Waals surface area contributed by atoms with Gasteiger partial charge in [0.05, 0.1) is 5.69 Å². The molecular formula is C20H31N5O2. The van der Waals surface area contributed by atoms with E-state index in [9.17, 15) is 4.79 Å². The molecule has 7 nitrogen and oxygen atoms in total. The number of carbonyl (C=O) groups excluding carboxylic acids is 1. The molecule has 0 aromatic heterocycles. The summed E-state index contributed by atoms with van der Waals surface area (Å²) in [5.74, 6) is 1.61. The first-order valence-electron chi connectivity index (χ1n) is 9.93. The van der Waals surface area contributed by atoms with Crippen LogP contribution in [0.3, 0.4) is 0 Å². The maximum Gasteiger partial charge on any atom is 0.265 e. The lowest BCUT2D eigenvalue weighted by atomic mass is 10.2. The molecule has 2 aliphatic heterocycles. The summed E-state index contributed by atoms with van der Waals surface area (Å²) in [5, 5.41) is 6.79. The van der Waals surface area contributed by atoms with E-state index in [0.29, 0.717) is 12.6 Å². The summed E-state index contributed by atoms with van der Waals surface area (Å²) >= 11 is 0. The fraction of sp³-hybridized carbons (Fsp3) is 0.600. The third-order valence-corrected chi connectivity index (χ3v) is 5.29. The third kappa shape index (κ3) is 4.91. The van der Waals surface area contributed by atoms with E-state index in [1.54, 1.807) is 7.05 Å². The van der Waals surface area contributed by atoms with Crippen molar-refractivity contribution in [3.8, 4) is 5.75 Å². The number of fused-ring (bicyclic) bond motifs is 1. The molecule has 3 rings (SSSR count). The second kappa shape index (κ2) is 9.60. The Labute approximate surface area is 161 Å². The minimum atomic E-state index is 0.0112. The summed E-state index contributed by atoms with van der Waals surface area (Å²) in [6.07, 6.45) is 3.36. The van der Waals surface area contributed by atoms with E-state index in [4.69, 9.17) is 4.74 Å². The van der Waals surface area contributed by atoms with E-state index in [1.807, 2.05) is 29.2 Å². The smallest absolute Gasteiger partial charge is 0.265 e. The van der Waals surface area contributed by atoms with E-state index >= 15 is 0 Å². The number of hydrogen-bond acceptors (Lipinski definition) is 4. The minimum absolute atomic E-state index is 0.0112. The Morgan fingerprint density at radius 1 is 1.33 bits per heavy atom. The average molecular weight is 374 g/mol. The van der Waals surface area contributed by atoms with Crippen LogP contribution in [-0.2, 0) is 4.79 Å². The van der Waals surface area contributed by atoms with Gasteiger partial charge in [0.25, 0.3) is 5.91 Å². The van der Waals surface area contributed by atoms with Crippen molar-refractivity contribution < 1.29 is 9.53 Å². The van der Waals surface area contributed by atoms with Gasteiger partial charge in [0, 0.05) is 32.7 Å².